The van der Waals surface area contributed by atoms with Crippen molar-refractivity contribution in [3.05, 3.63) is 54.6 Å². The topological polar surface area (TPSA) is 108 Å². The molecule has 0 bridgehead atoms. The molecule has 9 nitrogen and oxygen atoms in total. The Hall–Kier alpha value is -2.95. The molecule has 0 aliphatic carbocycles. The van der Waals surface area contributed by atoms with E-state index in [4.69, 9.17) is 4.74 Å². The number of anilines is 1. The summed E-state index contributed by atoms with van der Waals surface area (Å²) < 4.78 is 33.5. The zero-order chi connectivity index (χ0) is 23.8. The number of rotatable bonds is 9. The fourth-order valence-electron chi connectivity index (χ4n) is 3.55. The third-order valence-electron chi connectivity index (χ3n) is 5.29. The van der Waals surface area contributed by atoms with Crippen LogP contribution in [0.4, 0.5) is 5.69 Å². The Morgan fingerprint density at radius 2 is 1.64 bits per heavy atom. The maximum atomic E-state index is 12.8. The van der Waals surface area contributed by atoms with Gasteiger partial charge in [-0.15, -0.1) is 0 Å². The maximum Gasteiger partial charge on any atom is 0.241 e. The summed E-state index contributed by atoms with van der Waals surface area (Å²) in [5.74, 6) is 0.331. The maximum absolute atomic E-state index is 12.8. The quantitative estimate of drug-likeness (QED) is 0.571. The van der Waals surface area contributed by atoms with E-state index in [1.54, 1.807) is 11.8 Å². The summed E-state index contributed by atoms with van der Waals surface area (Å²) >= 11 is 0. The smallest absolute Gasteiger partial charge is 0.241 e. The van der Waals surface area contributed by atoms with Gasteiger partial charge in [0.2, 0.25) is 21.8 Å². The number of nitrogens with one attached hydrogen (secondary N) is 2. The highest BCUT2D eigenvalue weighted by Gasteiger charge is 2.28. The van der Waals surface area contributed by atoms with Crippen molar-refractivity contribution in [3.63, 3.8) is 0 Å². The predicted octanol–water partition coefficient (Wildman–Crippen LogP) is 1.54. The Kier molecular flexibility index (Phi) is 8.43. The molecule has 2 aromatic rings. The number of hydrogen-bond acceptors (Lipinski definition) is 6. The number of sulfonamides is 1. The number of carbonyl (C=O) groups excluding carboxylic acids is 2. The van der Waals surface area contributed by atoms with Crippen LogP contribution in [0.25, 0.3) is 0 Å². The fourth-order valence-corrected chi connectivity index (χ4v) is 4.74. The number of carbonyl (C=O) groups is 2. The molecule has 2 aromatic carbocycles. The van der Waals surface area contributed by atoms with Gasteiger partial charge in [0.1, 0.15) is 12.4 Å². The summed E-state index contributed by atoms with van der Waals surface area (Å²) in [7, 11) is -3.87. The van der Waals surface area contributed by atoms with Gasteiger partial charge in [-0.1, -0.05) is 18.2 Å². The Morgan fingerprint density at radius 3 is 2.24 bits per heavy atom. The molecule has 1 saturated heterocycles. The fraction of sp³-hybridized carbons (Fsp3) is 0.391. The van der Waals surface area contributed by atoms with Crippen molar-refractivity contribution < 1.29 is 22.7 Å². The molecule has 33 heavy (non-hydrogen) atoms. The van der Waals surface area contributed by atoms with E-state index in [0.717, 1.165) is 12.3 Å². The van der Waals surface area contributed by atoms with Crippen molar-refractivity contribution in [2.45, 2.75) is 24.8 Å². The van der Waals surface area contributed by atoms with Crippen molar-refractivity contribution >= 4 is 27.5 Å². The highest BCUT2D eigenvalue weighted by atomic mass is 32.2. The van der Waals surface area contributed by atoms with Gasteiger partial charge in [-0.3, -0.25) is 14.5 Å². The predicted molar refractivity (Wildman–Crippen MR) is 125 cm³/mol. The van der Waals surface area contributed by atoms with Crippen molar-refractivity contribution in [1.29, 1.82) is 0 Å². The summed E-state index contributed by atoms with van der Waals surface area (Å²) in [4.78, 5) is 27.8. The van der Waals surface area contributed by atoms with Crippen molar-refractivity contribution in [3.8, 4) is 5.75 Å². The van der Waals surface area contributed by atoms with Crippen LogP contribution >= 0.6 is 0 Å². The molecule has 1 atom stereocenters. The SMILES string of the molecule is CC(=O)Nc1ccc(S(=O)(=O)N[C@@H](C)C(=O)N2CCN(CCOc3ccccc3)CC2)cc1. The molecule has 10 heteroatoms. The first-order chi connectivity index (χ1) is 15.7. The van der Waals surface area contributed by atoms with Gasteiger partial charge in [0.05, 0.1) is 10.9 Å². The Balaban J connectivity index is 1.45. The molecule has 0 radical (unpaired) electrons. The number of piperazine rings is 1. The molecular formula is C23H30N4O5S. The minimum absolute atomic E-state index is 0.0273. The lowest BCUT2D eigenvalue weighted by Gasteiger charge is -2.35. The number of nitrogens with zero attached hydrogens (tertiary/aromatic N) is 2. The van der Waals surface area contributed by atoms with Gasteiger partial charge in [-0.25, -0.2) is 8.42 Å². The second-order valence-electron chi connectivity index (χ2n) is 7.88. The van der Waals surface area contributed by atoms with E-state index in [1.165, 1.54) is 31.2 Å². The van der Waals surface area contributed by atoms with E-state index in [2.05, 4.69) is 14.9 Å². The monoisotopic (exact) mass is 474 g/mol. The standard InChI is InChI=1S/C23H30N4O5S/c1-18(25-33(30,31)22-10-8-20(9-11-22)24-19(2)28)23(29)27-14-12-26(13-15-27)16-17-32-21-6-4-3-5-7-21/h3-11,18,25H,12-17H2,1-2H3,(H,24,28)/t18-/m0/s1. The van der Waals surface area contributed by atoms with Crippen LogP contribution in [-0.4, -0.2) is 75.4 Å². The summed E-state index contributed by atoms with van der Waals surface area (Å²) in [6.45, 7) is 6.71. The van der Waals surface area contributed by atoms with Crippen LogP contribution in [0.15, 0.2) is 59.5 Å². The summed E-state index contributed by atoms with van der Waals surface area (Å²) in [5.41, 5.74) is 0.498. The number of hydrogen-bond donors (Lipinski definition) is 2. The zero-order valence-electron chi connectivity index (χ0n) is 18.9. The Bertz CT molecular complexity index is 1040. The molecule has 178 valence electrons. The second kappa shape index (κ2) is 11.3. The van der Waals surface area contributed by atoms with Crippen molar-refractivity contribution in [1.82, 2.24) is 14.5 Å². The lowest BCUT2D eigenvalue weighted by molar-refractivity contribution is -0.134. The lowest BCUT2D eigenvalue weighted by atomic mass is 10.2. The molecule has 2 N–H and O–H groups in total. The second-order valence-corrected chi connectivity index (χ2v) is 9.59. The number of ether oxygens (including phenoxy) is 1. The van der Waals surface area contributed by atoms with Crippen molar-refractivity contribution in [2.24, 2.45) is 0 Å². The molecular weight excluding hydrogens is 444 g/mol. The lowest BCUT2D eigenvalue weighted by Crippen LogP contribution is -2.54. The highest BCUT2D eigenvalue weighted by molar-refractivity contribution is 7.89. The van der Waals surface area contributed by atoms with Gasteiger partial charge in [0.15, 0.2) is 0 Å². The molecule has 0 spiro atoms. The van der Waals surface area contributed by atoms with E-state index in [-0.39, 0.29) is 16.7 Å². The van der Waals surface area contributed by atoms with Gasteiger partial charge < -0.3 is 15.0 Å². The Morgan fingerprint density at radius 1 is 1.00 bits per heavy atom. The Labute approximate surface area is 194 Å². The molecule has 0 aromatic heterocycles. The summed E-state index contributed by atoms with van der Waals surface area (Å²) in [6.07, 6.45) is 0. The third-order valence-corrected chi connectivity index (χ3v) is 6.85. The van der Waals surface area contributed by atoms with Gasteiger partial charge >= 0.3 is 0 Å². The molecule has 1 heterocycles. The number of benzene rings is 2. The number of para-hydroxylation sites is 1. The normalized spacial score (nSPS) is 15.6. The van der Waals surface area contributed by atoms with Crippen LogP contribution in [0.2, 0.25) is 0 Å². The number of amides is 2. The van der Waals surface area contributed by atoms with Gasteiger partial charge in [-0.2, -0.15) is 4.72 Å². The molecule has 3 rings (SSSR count). The van der Waals surface area contributed by atoms with Crippen LogP contribution in [0, 0.1) is 0 Å². The van der Waals surface area contributed by atoms with E-state index in [0.29, 0.717) is 38.5 Å². The average molecular weight is 475 g/mol. The summed E-state index contributed by atoms with van der Waals surface area (Å²) in [5, 5.41) is 2.58. The van der Waals surface area contributed by atoms with Gasteiger partial charge in [0, 0.05) is 45.3 Å². The van der Waals surface area contributed by atoms with Crippen LogP contribution in [-0.2, 0) is 19.6 Å². The van der Waals surface area contributed by atoms with Crippen LogP contribution in [0.1, 0.15) is 13.8 Å². The minimum Gasteiger partial charge on any atom is -0.492 e. The van der Waals surface area contributed by atoms with E-state index in [1.807, 2.05) is 30.3 Å². The molecule has 2 amide bonds. The molecule has 1 aliphatic rings. The van der Waals surface area contributed by atoms with Crippen molar-refractivity contribution in [2.75, 3.05) is 44.6 Å². The molecule has 0 saturated carbocycles. The van der Waals surface area contributed by atoms with Gasteiger partial charge in [0.25, 0.3) is 0 Å². The van der Waals surface area contributed by atoms with Crippen LogP contribution in [0.3, 0.4) is 0 Å². The van der Waals surface area contributed by atoms with Crippen LogP contribution < -0.4 is 14.8 Å². The first kappa shape index (κ1) is 24.7. The van der Waals surface area contributed by atoms with E-state index in [9.17, 15) is 18.0 Å². The van der Waals surface area contributed by atoms with E-state index < -0.39 is 16.1 Å². The zero-order valence-corrected chi connectivity index (χ0v) is 19.7. The largest absolute Gasteiger partial charge is 0.492 e. The summed E-state index contributed by atoms with van der Waals surface area (Å²) in [6, 6.07) is 14.5. The minimum atomic E-state index is -3.87. The molecule has 1 aliphatic heterocycles. The van der Waals surface area contributed by atoms with Crippen LogP contribution in [0.5, 0.6) is 5.75 Å². The third kappa shape index (κ3) is 7.28. The van der Waals surface area contributed by atoms with Gasteiger partial charge in [-0.05, 0) is 43.3 Å². The van der Waals surface area contributed by atoms with E-state index >= 15 is 0 Å². The molecule has 0 unspecified atom stereocenters. The molecule has 1 fully saturated rings. The highest BCUT2D eigenvalue weighted by Crippen LogP contribution is 2.15. The average Bonchev–Trinajstić information content (AvgIpc) is 2.79. The first-order valence-corrected chi connectivity index (χ1v) is 12.3. The first-order valence-electron chi connectivity index (χ1n) is 10.8.